The van der Waals surface area contributed by atoms with Crippen LogP contribution in [0.1, 0.15) is 96.1 Å². The molecule has 0 fully saturated rings. The Bertz CT molecular complexity index is 880. The fraction of sp³-hybridized carbons (Fsp3) is 0.464. The van der Waals surface area contributed by atoms with Crippen LogP contribution < -0.4 is 5.32 Å². The van der Waals surface area contributed by atoms with Crippen LogP contribution in [0.15, 0.2) is 57.7 Å². The number of hydrogen-bond donors (Lipinski definition) is 1. The highest BCUT2D eigenvalue weighted by atomic mass is 16.1. The predicted octanol–water partition coefficient (Wildman–Crippen LogP) is 7.10. The van der Waals surface area contributed by atoms with E-state index >= 15 is 0 Å². The Hall–Kier alpha value is -2.93. The van der Waals surface area contributed by atoms with Crippen molar-refractivity contribution < 1.29 is 4.79 Å². The van der Waals surface area contributed by atoms with Crippen molar-refractivity contribution in [3.63, 3.8) is 0 Å². The summed E-state index contributed by atoms with van der Waals surface area (Å²) in [5.74, 6) is 0.148. The maximum Gasteiger partial charge on any atom is 0.162 e. The molecule has 1 aromatic carbocycles. The van der Waals surface area contributed by atoms with Crippen molar-refractivity contribution in [1.82, 2.24) is 5.32 Å². The van der Waals surface area contributed by atoms with Gasteiger partial charge in [0.05, 0.1) is 17.5 Å². The second-order valence-corrected chi connectivity index (χ2v) is 7.23. The van der Waals surface area contributed by atoms with Crippen LogP contribution in [0.5, 0.6) is 0 Å². The highest BCUT2D eigenvalue weighted by Gasteiger charge is 2.17. The Morgan fingerprint density at radius 2 is 1.69 bits per heavy atom. The molecule has 1 atom stereocenters. The summed E-state index contributed by atoms with van der Waals surface area (Å²) in [5, 5.41) is 3.51. The highest BCUT2D eigenvalue weighted by molar-refractivity contribution is 6.16. The van der Waals surface area contributed by atoms with E-state index in [4.69, 9.17) is 6.42 Å². The minimum atomic E-state index is 0.0508. The number of benzene rings is 1. The van der Waals surface area contributed by atoms with Gasteiger partial charge < -0.3 is 5.32 Å². The van der Waals surface area contributed by atoms with Gasteiger partial charge in [-0.25, -0.2) is 0 Å². The summed E-state index contributed by atoms with van der Waals surface area (Å²) in [6.07, 6.45) is 8.77. The number of hydrogen-bond acceptors (Lipinski definition) is 4. The lowest BCUT2D eigenvalue weighted by molar-refractivity contribution is 0.0988. The predicted molar refractivity (Wildman–Crippen MR) is 141 cm³/mol. The second kappa shape index (κ2) is 15.8. The molecule has 0 unspecified atom stereocenters. The monoisotopic (exact) mass is 435 g/mol. The number of aliphatic imine (C=N–C) groups is 2. The van der Waals surface area contributed by atoms with Crippen LogP contribution in [0.2, 0.25) is 0 Å². The summed E-state index contributed by atoms with van der Waals surface area (Å²) < 4.78 is 0. The topological polar surface area (TPSA) is 53.8 Å². The molecule has 1 rings (SSSR count). The van der Waals surface area contributed by atoms with E-state index in [1.54, 1.807) is 7.05 Å². The lowest BCUT2D eigenvalue weighted by atomic mass is 9.96. The lowest BCUT2D eigenvalue weighted by Gasteiger charge is -2.23. The molecule has 1 N–H and O–H groups in total. The first-order valence-electron chi connectivity index (χ1n) is 11.6. The Balaban J connectivity index is 0.00000466. The molecule has 0 aliphatic rings. The minimum absolute atomic E-state index is 0.0508. The molecule has 4 nitrogen and oxygen atoms in total. The third kappa shape index (κ3) is 8.30. The fourth-order valence-electron chi connectivity index (χ4n) is 3.42. The first-order valence-corrected chi connectivity index (χ1v) is 11.6. The summed E-state index contributed by atoms with van der Waals surface area (Å²) in [6, 6.07) is 10.3. The molecule has 4 heteroatoms. The van der Waals surface area contributed by atoms with Crippen LogP contribution in [-0.2, 0) is 0 Å². The number of allylic oxidation sites excluding steroid dienone is 2. The summed E-state index contributed by atoms with van der Waals surface area (Å²) in [5.41, 5.74) is 6.25. The van der Waals surface area contributed by atoms with Crippen LogP contribution in [0.25, 0.3) is 0 Å². The number of nitrogens with zero attached hydrogens (tertiary/aromatic N) is 2. The third-order valence-corrected chi connectivity index (χ3v) is 5.30. The van der Waals surface area contributed by atoms with Crippen LogP contribution in [0.3, 0.4) is 0 Å². The maximum atomic E-state index is 11.9. The van der Waals surface area contributed by atoms with Gasteiger partial charge in [-0.15, -0.1) is 0 Å². The number of rotatable bonds is 11. The lowest BCUT2D eigenvalue weighted by Crippen LogP contribution is -2.26. The quantitative estimate of drug-likeness (QED) is 0.229. The summed E-state index contributed by atoms with van der Waals surface area (Å²) >= 11 is 0. The van der Waals surface area contributed by atoms with Gasteiger partial charge >= 0.3 is 0 Å². The zero-order valence-corrected chi connectivity index (χ0v) is 21.3. The van der Waals surface area contributed by atoms with Crippen LogP contribution in [0, 0.1) is 12.5 Å². The van der Waals surface area contributed by atoms with E-state index in [2.05, 4.69) is 41.8 Å². The average molecular weight is 436 g/mol. The van der Waals surface area contributed by atoms with Crippen molar-refractivity contribution in [3.05, 3.63) is 58.8 Å². The van der Waals surface area contributed by atoms with Crippen LogP contribution in [-0.4, -0.2) is 24.3 Å². The number of Topliss-reactive ketones (excluding diaryl/α,β-unsaturated/α-hetero) is 1. The van der Waals surface area contributed by atoms with E-state index in [1.165, 1.54) is 0 Å². The summed E-state index contributed by atoms with van der Waals surface area (Å²) in [4.78, 5) is 20.6. The van der Waals surface area contributed by atoms with Gasteiger partial charge in [0, 0.05) is 30.8 Å². The smallest absolute Gasteiger partial charge is 0.162 e. The Morgan fingerprint density at radius 3 is 2.12 bits per heavy atom. The molecular weight excluding hydrogens is 394 g/mol. The molecular formula is C28H41N3O. The van der Waals surface area contributed by atoms with E-state index in [0.29, 0.717) is 17.8 Å². The van der Waals surface area contributed by atoms with Gasteiger partial charge in [-0.05, 0) is 43.4 Å². The van der Waals surface area contributed by atoms with Crippen molar-refractivity contribution in [1.29, 1.82) is 0 Å². The van der Waals surface area contributed by atoms with Gasteiger partial charge in [-0.3, -0.25) is 9.79 Å². The molecule has 0 aliphatic carbocycles. The number of terminal acetylenes is 1. The normalized spacial score (nSPS) is 13.2. The molecule has 0 saturated carbocycles. The minimum Gasteiger partial charge on any atom is -0.377 e. The SMILES string of the molecule is C#CN=C(C(=C)N[C@@H](CCC)c1ccc(C(=O)CC)cc1)/C(C)=C(\C)C(CC)=NC.CC. The second-order valence-electron chi connectivity index (χ2n) is 7.23. The van der Waals surface area contributed by atoms with Crippen molar-refractivity contribution >= 4 is 17.2 Å². The Labute approximate surface area is 196 Å². The maximum absolute atomic E-state index is 11.9. The molecule has 174 valence electrons. The zero-order chi connectivity index (χ0) is 24.7. The first kappa shape index (κ1) is 29.1. The Morgan fingerprint density at radius 1 is 1.09 bits per heavy atom. The van der Waals surface area contributed by atoms with Crippen LogP contribution in [0.4, 0.5) is 0 Å². The number of carbonyl (C=O) groups excluding carboxylic acids is 1. The molecule has 0 bridgehead atoms. The van der Waals surface area contributed by atoms with Crippen LogP contribution >= 0.6 is 0 Å². The molecule has 0 heterocycles. The number of carbonyl (C=O) groups is 1. The van der Waals surface area contributed by atoms with Gasteiger partial charge in [-0.2, -0.15) is 4.99 Å². The summed E-state index contributed by atoms with van der Waals surface area (Å²) in [7, 11) is 1.80. The molecule has 1 aromatic rings. The van der Waals surface area contributed by atoms with E-state index in [0.717, 1.165) is 47.2 Å². The van der Waals surface area contributed by atoms with Gasteiger partial charge in [0.15, 0.2) is 5.78 Å². The standard InChI is InChI=1S/C26H35N3O.C2H6/c1-9-13-24(21-14-16-22(17-15-21)25(30)11-3)29-20(7)26(28-12-4)19(6)18(5)23(10-2)27-8;1-2/h4,14-17,24,29H,7,9-11,13H2,1-3,5-6,8H3;1-2H3/b19-18+,27-23?,28-26?;/t24-;/m0./s1. The van der Waals surface area contributed by atoms with Crippen molar-refractivity contribution in [2.24, 2.45) is 9.98 Å². The Kier molecular flexibility index (Phi) is 14.4. The number of ketones is 1. The van der Waals surface area contributed by atoms with Crippen molar-refractivity contribution in [3.8, 4) is 12.5 Å². The average Bonchev–Trinajstić information content (AvgIpc) is 2.83. The van der Waals surface area contributed by atoms with Gasteiger partial charge in [0.1, 0.15) is 0 Å². The molecule has 0 amide bonds. The highest BCUT2D eigenvalue weighted by Crippen LogP contribution is 2.23. The largest absolute Gasteiger partial charge is 0.377 e. The first-order chi connectivity index (χ1) is 15.3. The van der Waals surface area contributed by atoms with Crippen molar-refractivity contribution in [2.45, 2.75) is 80.2 Å². The molecule has 0 spiro atoms. The van der Waals surface area contributed by atoms with E-state index in [-0.39, 0.29) is 11.8 Å². The molecule has 0 saturated heterocycles. The molecule has 0 aliphatic heterocycles. The van der Waals surface area contributed by atoms with E-state index < -0.39 is 0 Å². The zero-order valence-electron chi connectivity index (χ0n) is 21.3. The van der Waals surface area contributed by atoms with Crippen molar-refractivity contribution in [2.75, 3.05) is 7.05 Å². The number of nitrogens with one attached hydrogen (secondary N) is 1. The molecule has 0 radical (unpaired) electrons. The van der Waals surface area contributed by atoms with Gasteiger partial charge in [0.25, 0.3) is 0 Å². The fourth-order valence-corrected chi connectivity index (χ4v) is 3.42. The third-order valence-electron chi connectivity index (χ3n) is 5.30. The summed E-state index contributed by atoms with van der Waals surface area (Å²) in [6.45, 7) is 18.4. The van der Waals surface area contributed by atoms with Gasteiger partial charge in [0.2, 0.25) is 0 Å². The molecule has 0 aromatic heterocycles. The van der Waals surface area contributed by atoms with Gasteiger partial charge in [-0.1, -0.05) is 78.3 Å². The molecule has 32 heavy (non-hydrogen) atoms. The van der Waals surface area contributed by atoms with E-state index in [9.17, 15) is 4.79 Å². The van der Waals surface area contributed by atoms with E-state index in [1.807, 2.05) is 58.9 Å².